The van der Waals surface area contributed by atoms with Crippen molar-refractivity contribution in [3.05, 3.63) is 64.9 Å². The molecule has 1 aromatic heterocycles. The number of halogens is 1. The lowest BCUT2D eigenvalue weighted by molar-refractivity contribution is -0.131. The van der Waals surface area contributed by atoms with Crippen LogP contribution in [0.2, 0.25) is 5.02 Å². The van der Waals surface area contributed by atoms with E-state index in [2.05, 4.69) is 4.98 Å². The number of rotatable bonds is 5. The first kappa shape index (κ1) is 14.1. The van der Waals surface area contributed by atoms with Crippen LogP contribution in [0.3, 0.4) is 0 Å². The summed E-state index contributed by atoms with van der Waals surface area (Å²) in [5.74, 6) is 0.170. The maximum Gasteiger partial charge on any atom is 0.227 e. The van der Waals surface area contributed by atoms with E-state index in [-0.39, 0.29) is 5.91 Å². The van der Waals surface area contributed by atoms with Gasteiger partial charge < -0.3 is 4.90 Å². The Morgan fingerprint density at radius 2 is 1.95 bits per heavy atom. The van der Waals surface area contributed by atoms with Crippen molar-refractivity contribution in [2.75, 3.05) is 0 Å². The SMILES string of the molecule is O=C(Cc1ccc(Cl)cc1)N(Cc1cccnc1)C1CC1. The summed E-state index contributed by atoms with van der Waals surface area (Å²) in [6, 6.07) is 11.8. The zero-order valence-corrected chi connectivity index (χ0v) is 12.5. The number of aromatic nitrogens is 1. The average molecular weight is 301 g/mol. The summed E-state index contributed by atoms with van der Waals surface area (Å²) in [6.07, 6.45) is 6.21. The Morgan fingerprint density at radius 3 is 2.57 bits per heavy atom. The second kappa shape index (κ2) is 6.27. The van der Waals surface area contributed by atoms with Gasteiger partial charge in [-0.3, -0.25) is 9.78 Å². The fraction of sp³-hybridized carbons (Fsp3) is 0.294. The van der Waals surface area contributed by atoms with Crippen LogP contribution < -0.4 is 0 Å². The molecule has 0 radical (unpaired) electrons. The number of hydrogen-bond donors (Lipinski definition) is 0. The van der Waals surface area contributed by atoms with E-state index < -0.39 is 0 Å². The van der Waals surface area contributed by atoms with E-state index in [9.17, 15) is 4.79 Å². The van der Waals surface area contributed by atoms with Gasteiger partial charge in [0.05, 0.1) is 6.42 Å². The lowest BCUT2D eigenvalue weighted by Gasteiger charge is -2.22. The molecule has 108 valence electrons. The summed E-state index contributed by atoms with van der Waals surface area (Å²) < 4.78 is 0. The Balaban J connectivity index is 1.69. The van der Waals surface area contributed by atoms with Gasteiger partial charge in [0.2, 0.25) is 5.91 Å². The van der Waals surface area contributed by atoms with Crippen molar-refractivity contribution < 1.29 is 4.79 Å². The molecule has 0 atom stereocenters. The van der Waals surface area contributed by atoms with Crippen LogP contribution in [0.5, 0.6) is 0 Å². The quantitative estimate of drug-likeness (QED) is 0.847. The lowest BCUT2D eigenvalue weighted by Crippen LogP contribution is -2.33. The molecule has 4 heteroatoms. The highest BCUT2D eigenvalue weighted by Crippen LogP contribution is 2.29. The number of hydrogen-bond acceptors (Lipinski definition) is 2. The van der Waals surface area contributed by atoms with Crippen molar-refractivity contribution in [2.24, 2.45) is 0 Å². The van der Waals surface area contributed by atoms with Gasteiger partial charge in [0.1, 0.15) is 0 Å². The number of amides is 1. The van der Waals surface area contributed by atoms with Crippen molar-refractivity contribution in [3.8, 4) is 0 Å². The smallest absolute Gasteiger partial charge is 0.227 e. The van der Waals surface area contributed by atoms with Crippen molar-refractivity contribution in [1.82, 2.24) is 9.88 Å². The van der Waals surface area contributed by atoms with Crippen LogP contribution in [0.15, 0.2) is 48.8 Å². The van der Waals surface area contributed by atoms with Crippen molar-refractivity contribution in [3.63, 3.8) is 0 Å². The third-order valence-corrected chi connectivity index (χ3v) is 3.90. The summed E-state index contributed by atoms with van der Waals surface area (Å²) in [5.41, 5.74) is 2.08. The van der Waals surface area contributed by atoms with Gasteiger partial charge in [-0.1, -0.05) is 29.8 Å². The standard InChI is InChI=1S/C17H17ClN2O/c18-15-5-3-13(4-6-15)10-17(21)20(16-7-8-16)12-14-2-1-9-19-11-14/h1-6,9,11,16H,7-8,10,12H2. The van der Waals surface area contributed by atoms with Gasteiger partial charge in [-0.2, -0.15) is 0 Å². The van der Waals surface area contributed by atoms with Gasteiger partial charge in [-0.05, 0) is 42.2 Å². The molecule has 21 heavy (non-hydrogen) atoms. The molecule has 3 rings (SSSR count). The number of carbonyl (C=O) groups excluding carboxylic acids is 1. The molecule has 1 fully saturated rings. The monoisotopic (exact) mass is 300 g/mol. The first-order chi connectivity index (χ1) is 10.2. The molecule has 1 aliphatic rings. The van der Waals surface area contributed by atoms with E-state index in [4.69, 9.17) is 11.6 Å². The molecule has 1 amide bonds. The number of pyridine rings is 1. The van der Waals surface area contributed by atoms with Crippen LogP contribution in [0.1, 0.15) is 24.0 Å². The van der Waals surface area contributed by atoms with Gasteiger partial charge in [0.25, 0.3) is 0 Å². The minimum atomic E-state index is 0.170. The molecule has 1 heterocycles. The molecule has 0 aliphatic heterocycles. The number of carbonyl (C=O) groups is 1. The van der Waals surface area contributed by atoms with E-state index in [1.165, 1.54) is 0 Å². The predicted molar refractivity (Wildman–Crippen MR) is 83.0 cm³/mol. The molecule has 0 unspecified atom stereocenters. The van der Waals surface area contributed by atoms with Gasteiger partial charge in [-0.15, -0.1) is 0 Å². The average Bonchev–Trinajstić information content (AvgIpc) is 3.33. The van der Waals surface area contributed by atoms with Crippen LogP contribution in [0.25, 0.3) is 0 Å². The molecular weight excluding hydrogens is 284 g/mol. The zero-order chi connectivity index (χ0) is 14.7. The van der Waals surface area contributed by atoms with E-state index in [0.29, 0.717) is 24.0 Å². The second-order valence-electron chi connectivity index (χ2n) is 5.42. The highest BCUT2D eigenvalue weighted by molar-refractivity contribution is 6.30. The van der Waals surface area contributed by atoms with Crippen LogP contribution in [-0.2, 0) is 17.8 Å². The Morgan fingerprint density at radius 1 is 1.19 bits per heavy atom. The minimum absolute atomic E-state index is 0.170. The fourth-order valence-electron chi connectivity index (χ4n) is 2.37. The summed E-state index contributed by atoms with van der Waals surface area (Å²) >= 11 is 5.88. The van der Waals surface area contributed by atoms with Crippen LogP contribution in [-0.4, -0.2) is 21.8 Å². The van der Waals surface area contributed by atoms with Crippen molar-refractivity contribution in [1.29, 1.82) is 0 Å². The van der Waals surface area contributed by atoms with Crippen LogP contribution in [0.4, 0.5) is 0 Å². The van der Waals surface area contributed by atoms with Crippen LogP contribution >= 0.6 is 11.6 Å². The van der Waals surface area contributed by atoms with E-state index >= 15 is 0 Å². The molecule has 0 spiro atoms. The topological polar surface area (TPSA) is 33.2 Å². The van der Waals surface area contributed by atoms with E-state index in [1.807, 2.05) is 47.5 Å². The Hall–Kier alpha value is -1.87. The van der Waals surface area contributed by atoms with Crippen LogP contribution in [0, 0.1) is 0 Å². The first-order valence-corrected chi connectivity index (χ1v) is 7.53. The largest absolute Gasteiger partial charge is 0.335 e. The molecule has 3 nitrogen and oxygen atoms in total. The number of nitrogens with zero attached hydrogens (tertiary/aromatic N) is 2. The summed E-state index contributed by atoms with van der Waals surface area (Å²) in [5, 5.41) is 0.695. The van der Waals surface area contributed by atoms with E-state index in [1.54, 1.807) is 6.20 Å². The summed E-state index contributed by atoms with van der Waals surface area (Å²) in [4.78, 5) is 18.7. The second-order valence-corrected chi connectivity index (χ2v) is 5.85. The highest BCUT2D eigenvalue weighted by Gasteiger charge is 2.32. The fourth-order valence-corrected chi connectivity index (χ4v) is 2.50. The Labute approximate surface area is 129 Å². The normalized spacial score (nSPS) is 14.0. The third-order valence-electron chi connectivity index (χ3n) is 3.65. The molecular formula is C17H17ClN2O. The van der Waals surface area contributed by atoms with Crippen molar-refractivity contribution >= 4 is 17.5 Å². The van der Waals surface area contributed by atoms with Gasteiger partial charge in [0.15, 0.2) is 0 Å². The molecule has 2 aromatic rings. The molecule has 0 bridgehead atoms. The van der Waals surface area contributed by atoms with Gasteiger partial charge in [-0.25, -0.2) is 0 Å². The lowest BCUT2D eigenvalue weighted by atomic mass is 10.1. The molecule has 0 N–H and O–H groups in total. The molecule has 1 aliphatic carbocycles. The van der Waals surface area contributed by atoms with Gasteiger partial charge >= 0.3 is 0 Å². The van der Waals surface area contributed by atoms with Crippen molar-refractivity contribution in [2.45, 2.75) is 31.8 Å². The number of benzene rings is 1. The Bertz CT molecular complexity index is 608. The maximum atomic E-state index is 12.6. The van der Waals surface area contributed by atoms with E-state index in [0.717, 1.165) is 24.0 Å². The first-order valence-electron chi connectivity index (χ1n) is 7.15. The minimum Gasteiger partial charge on any atom is -0.335 e. The zero-order valence-electron chi connectivity index (χ0n) is 11.7. The molecule has 0 saturated heterocycles. The molecule has 1 aromatic carbocycles. The predicted octanol–water partition coefficient (Wildman–Crippen LogP) is 3.47. The Kier molecular flexibility index (Phi) is 4.20. The highest BCUT2D eigenvalue weighted by atomic mass is 35.5. The van der Waals surface area contributed by atoms with Gasteiger partial charge in [0, 0.05) is 30.0 Å². The summed E-state index contributed by atoms with van der Waals surface area (Å²) in [7, 11) is 0. The molecule has 1 saturated carbocycles. The third kappa shape index (κ3) is 3.82. The maximum absolute atomic E-state index is 12.6. The summed E-state index contributed by atoms with van der Waals surface area (Å²) in [6.45, 7) is 0.644.